The Kier molecular flexibility index (Phi) is 5.63. The van der Waals surface area contributed by atoms with E-state index in [1.807, 2.05) is 27.7 Å². The summed E-state index contributed by atoms with van der Waals surface area (Å²) in [7, 11) is 0. The molecule has 1 saturated heterocycles. The second kappa shape index (κ2) is 7.14. The highest BCUT2D eigenvalue weighted by molar-refractivity contribution is 8.00. The fraction of sp³-hybridized carbons (Fsp3) is 0.529. The van der Waals surface area contributed by atoms with Crippen molar-refractivity contribution in [3.63, 3.8) is 0 Å². The number of halogens is 1. The molecule has 0 aromatic heterocycles. The van der Waals surface area contributed by atoms with E-state index in [-0.39, 0.29) is 22.7 Å². The lowest BCUT2D eigenvalue weighted by Gasteiger charge is -2.30. The van der Waals surface area contributed by atoms with E-state index in [0.717, 1.165) is 6.42 Å². The average molecular weight is 355 g/mol. The zero-order valence-corrected chi connectivity index (χ0v) is 15.5. The number of carbonyl (C=O) groups excluding carboxylic acids is 2. The zero-order valence-electron chi connectivity index (χ0n) is 13.9. The molecule has 1 aliphatic rings. The van der Waals surface area contributed by atoms with E-state index in [4.69, 9.17) is 11.6 Å². The first-order valence-corrected chi connectivity index (χ1v) is 9.17. The van der Waals surface area contributed by atoms with Crippen molar-refractivity contribution >= 4 is 35.2 Å². The van der Waals surface area contributed by atoms with Crippen LogP contribution < -0.4 is 5.32 Å². The Morgan fingerprint density at radius 2 is 1.91 bits per heavy atom. The molecule has 2 unspecified atom stereocenters. The molecule has 1 aromatic carbocycles. The van der Waals surface area contributed by atoms with Gasteiger partial charge in [0, 0.05) is 21.9 Å². The molecule has 0 radical (unpaired) electrons. The maximum absolute atomic E-state index is 12.9. The molecule has 0 bridgehead atoms. The summed E-state index contributed by atoms with van der Waals surface area (Å²) < 4.78 is 0. The third kappa shape index (κ3) is 4.42. The second-order valence-corrected chi connectivity index (χ2v) is 8.32. The van der Waals surface area contributed by atoms with Crippen LogP contribution >= 0.6 is 23.4 Å². The quantitative estimate of drug-likeness (QED) is 0.903. The SMILES string of the molecule is CCC1SCC(C(=O)NC(C)(C)C)N1C(=O)c1ccc(Cl)cc1. The molecule has 1 heterocycles. The summed E-state index contributed by atoms with van der Waals surface area (Å²) in [6, 6.07) is 6.37. The molecule has 126 valence electrons. The highest BCUT2D eigenvalue weighted by Gasteiger charge is 2.41. The van der Waals surface area contributed by atoms with Crippen molar-refractivity contribution in [1.29, 1.82) is 0 Å². The molecule has 6 heteroatoms. The Bertz CT molecular complexity index is 583. The Morgan fingerprint density at radius 3 is 2.43 bits per heavy atom. The molecule has 2 rings (SSSR count). The first kappa shape index (κ1) is 18.1. The minimum Gasteiger partial charge on any atom is -0.350 e. The van der Waals surface area contributed by atoms with Gasteiger partial charge in [0.1, 0.15) is 6.04 Å². The number of amides is 2. The van der Waals surface area contributed by atoms with Gasteiger partial charge in [-0.1, -0.05) is 18.5 Å². The summed E-state index contributed by atoms with van der Waals surface area (Å²) in [4.78, 5) is 27.2. The van der Waals surface area contributed by atoms with E-state index in [1.54, 1.807) is 40.9 Å². The fourth-order valence-electron chi connectivity index (χ4n) is 2.55. The Morgan fingerprint density at radius 1 is 1.30 bits per heavy atom. The standard InChI is InChI=1S/C17H23ClN2O2S/c1-5-14-20(16(22)11-6-8-12(18)9-7-11)13(10-23-14)15(21)19-17(2,3)4/h6-9,13-14H,5,10H2,1-4H3,(H,19,21). The monoisotopic (exact) mass is 354 g/mol. The molecule has 1 aromatic rings. The molecule has 4 nitrogen and oxygen atoms in total. The molecular formula is C17H23ClN2O2S. The van der Waals surface area contributed by atoms with Crippen LogP contribution in [-0.2, 0) is 4.79 Å². The van der Waals surface area contributed by atoms with Gasteiger partial charge in [-0.2, -0.15) is 0 Å². The summed E-state index contributed by atoms with van der Waals surface area (Å²) in [5, 5.41) is 3.60. The van der Waals surface area contributed by atoms with E-state index >= 15 is 0 Å². The van der Waals surface area contributed by atoms with Crippen LogP contribution in [0.1, 0.15) is 44.5 Å². The zero-order chi connectivity index (χ0) is 17.2. The van der Waals surface area contributed by atoms with Crippen LogP contribution in [0.5, 0.6) is 0 Å². The van der Waals surface area contributed by atoms with Crippen LogP contribution in [0.3, 0.4) is 0 Å². The molecule has 2 atom stereocenters. The van der Waals surface area contributed by atoms with Gasteiger partial charge in [-0.15, -0.1) is 11.8 Å². The number of hydrogen-bond donors (Lipinski definition) is 1. The molecule has 0 spiro atoms. The molecule has 1 fully saturated rings. The normalized spacial score (nSPS) is 21.3. The lowest BCUT2D eigenvalue weighted by atomic mass is 10.1. The van der Waals surface area contributed by atoms with Crippen LogP contribution in [0.15, 0.2) is 24.3 Å². The summed E-state index contributed by atoms with van der Waals surface area (Å²) in [6.07, 6.45) is 0.809. The maximum atomic E-state index is 12.9. The lowest BCUT2D eigenvalue weighted by Crippen LogP contribution is -2.53. The van der Waals surface area contributed by atoms with Crippen molar-refractivity contribution in [3.8, 4) is 0 Å². The number of carbonyl (C=O) groups is 2. The van der Waals surface area contributed by atoms with Gasteiger partial charge in [-0.3, -0.25) is 9.59 Å². The summed E-state index contributed by atoms with van der Waals surface area (Å²) in [5.74, 6) is 0.413. The first-order chi connectivity index (χ1) is 10.7. The minimum atomic E-state index is -0.438. The Hall–Kier alpha value is -1.20. The Balaban J connectivity index is 2.24. The van der Waals surface area contributed by atoms with E-state index in [2.05, 4.69) is 5.32 Å². The van der Waals surface area contributed by atoms with E-state index in [1.165, 1.54) is 0 Å². The van der Waals surface area contributed by atoms with Gasteiger partial charge in [0.05, 0.1) is 5.37 Å². The van der Waals surface area contributed by atoms with Crippen LogP contribution in [0.25, 0.3) is 0 Å². The van der Waals surface area contributed by atoms with Crippen LogP contribution in [0.2, 0.25) is 5.02 Å². The largest absolute Gasteiger partial charge is 0.350 e. The van der Waals surface area contributed by atoms with Gasteiger partial charge in [-0.05, 0) is 51.5 Å². The highest BCUT2D eigenvalue weighted by Crippen LogP contribution is 2.33. The molecular weight excluding hydrogens is 332 g/mol. The van der Waals surface area contributed by atoms with Gasteiger partial charge in [0.15, 0.2) is 0 Å². The van der Waals surface area contributed by atoms with Gasteiger partial charge in [0.25, 0.3) is 5.91 Å². The second-order valence-electron chi connectivity index (χ2n) is 6.67. The molecule has 1 aliphatic heterocycles. The van der Waals surface area contributed by atoms with E-state index in [9.17, 15) is 9.59 Å². The molecule has 23 heavy (non-hydrogen) atoms. The smallest absolute Gasteiger partial charge is 0.255 e. The molecule has 0 aliphatic carbocycles. The van der Waals surface area contributed by atoms with Crippen molar-refractivity contribution in [3.05, 3.63) is 34.9 Å². The number of thioether (sulfide) groups is 1. The fourth-order valence-corrected chi connectivity index (χ4v) is 4.03. The summed E-state index contributed by atoms with van der Waals surface area (Å²) in [5.41, 5.74) is 0.241. The van der Waals surface area contributed by atoms with Gasteiger partial charge in [0.2, 0.25) is 5.91 Å². The summed E-state index contributed by atoms with van der Waals surface area (Å²) in [6.45, 7) is 7.85. The van der Waals surface area contributed by atoms with Crippen molar-refractivity contribution in [2.45, 2.75) is 51.1 Å². The predicted octanol–water partition coefficient (Wildman–Crippen LogP) is 3.55. The topological polar surface area (TPSA) is 49.4 Å². The summed E-state index contributed by atoms with van der Waals surface area (Å²) >= 11 is 7.55. The maximum Gasteiger partial charge on any atom is 0.255 e. The van der Waals surface area contributed by atoms with Crippen molar-refractivity contribution in [2.24, 2.45) is 0 Å². The predicted molar refractivity (Wildman–Crippen MR) is 95.8 cm³/mol. The van der Waals surface area contributed by atoms with Crippen molar-refractivity contribution < 1.29 is 9.59 Å². The van der Waals surface area contributed by atoms with E-state index in [0.29, 0.717) is 16.3 Å². The number of benzene rings is 1. The minimum absolute atomic E-state index is 0.0221. The number of hydrogen-bond acceptors (Lipinski definition) is 3. The number of nitrogens with zero attached hydrogens (tertiary/aromatic N) is 1. The average Bonchev–Trinajstić information content (AvgIpc) is 2.89. The molecule has 2 amide bonds. The van der Waals surface area contributed by atoms with Crippen LogP contribution in [0.4, 0.5) is 0 Å². The highest BCUT2D eigenvalue weighted by atomic mass is 35.5. The van der Waals surface area contributed by atoms with Gasteiger partial charge < -0.3 is 10.2 Å². The van der Waals surface area contributed by atoms with Crippen molar-refractivity contribution in [1.82, 2.24) is 10.2 Å². The third-order valence-electron chi connectivity index (χ3n) is 3.57. The van der Waals surface area contributed by atoms with Gasteiger partial charge >= 0.3 is 0 Å². The van der Waals surface area contributed by atoms with E-state index < -0.39 is 6.04 Å². The van der Waals surface area contributed by atoms with Gasteiger partial charge in [-0.25, -0.2) is 0 Å². The molecule has 1 N–H and O–H groups in total. The van der Waals surface area contributed by atoms with Crippen molar-refractivity contribution in [2.75, 3.05) is 5.75 Å². The number of nitrogens with one attached hydrogen (secondary N) is 1. The van der Waals surface area contributed by atoms with Crippen LogP contribution in [0, 0.1) is 0 Å². The lowest BCUT2D eigenvalue weighted by molar-refractivity contribution is -0.126. The number of rotatable bonds is 3. The van der Waals surface area contributed by atoms with Crippen LogP contribution in [-0.4, -0.2) is 39.4 Å². The Labute approximate surface area is 146 Å². The molecule has 0 saturated carbocycles. The first-order valence-electron chi connectivity index (χ1n) is 7.75. The third-order valence-corrected chi connectivity index (χ3v) is 5.27.